The first-order chi connectivity index (χ1) is 5.65. The van der Waals surface area contributed by atoms with E-state index in [2.05, 4.69) is 40.1 Å². The molecule has 3 unspecified atom stereocenters. The van der Waals surface area contributed by atoms with Crippen molar-refractivity contribution in [2.24, 2.45) is 0 Å². The molecule has 12 heavy (non-hydrogen) atoms. The van der Waals surface area contributed by atoms with Gasteiger partial charge in [0.15, 0.2) is 0 Å². The van der Waals surface area contributed by atoms with Crippen molar-refractivity contribution in [3.05, 3.63) is 0 Å². The zero-order chi connectivity index (χ0) is 9.56. The van der Waals surface area contributed by atoms with Gasteiger partial charge in [-0.15, -0.1) is 0 Å². The summed E-state index contributed by atoms with van der Waals surface area (Å²) in [6, 6.07) is 0.732. The Morgan fingerprint density at radius 1 is 1.17 bits per heavy atom. The molecule has 0 spiro atoms. The van der Waals surface area contributed by atoms with Crippen molar-refractivity contribution in [2.45, 2.75) is 57.7 Å². The van der Waals surface area contributed by atoms with Gasteiger partial charge in [0.1, 0.15) is 0 Å². The molecule has 0 aliphatic rings. The van der Waals surface area contributed by atoms with Gasteiger partial charge in [0, 0.05) is 15.6 Å². The summed E-state index contributed by atoms with van der Waals surface area (Å²) < 4.78 is 0. The molecule has 2 heteroatoms. The topological polar surface area (TPSA) is 12.0 Å². The van der Waals surface area contributed by atoms with E-state index in [1.165, 1.54) is 12.8 Å². The highest BCUT2D eigenvalue weighted by Gasteiger charge is 2.16. The lowest BCUT2D eigenvalue weighted by molar-refractivity contribution is 0.547. The molecule has 0 saturated carbocycles. The molecule has 1 nitrogen and oxygen atoms in total. The van der Waals surface area contributed by atoms with E-state index in [0.717, 1.165) is 17.1 Å². The average molecular weight is 187 g/mol. The van der Waals surface area contributed by atoms with E-state index < -0.39 is 0 Å². The lowest BCUT2D eigenvalue weighted by Crippen LogP contribution is -2.30. The Bertz CT molecular complexity index is 106. The third kappa shape index (κ3) is 4.26. The standard InChI is InChI=1S/C10H25NSi/c1-6-8(3)12-10(7-2)9(4)11-5/h8-11H,6-7,12H2,1-5H3. The van der Waals surface area contributed by atoms with Crippen LogP contribution in [0.2, 0.25) is 11.1 Å². The first-order valence-corrected chi connectivity index (χ1v) is 6.96. The summed E-state index contributed by atoms with van der Waals surface area (Å²) in [5, 5.41) is 3.38. The fourth-order valence-corrected chi connectivity index (χ4v) is 3.99. The summed E-state index contributed by atoms with van der Waals surface area (Å²) in [7, 11) is 2.21. The van der Waals surface area contributed by atoms with Crippen LogP contribution < -0.4 is 5.32 Å². The fourth-order valence-electron chi connectivity index (χ4n) is 1.64. The number of hydrogen-bond donors (Lipinski definition) is 1. The second kappa shape index (κ2) is 6.67. The van der Waals surface area contributed by atoms with Crippen molar-refractivity contribution >= 4 is 9.52 Å². The van der Waals surface area contributed by atoms with E-state index in [0.29, 0.717) is 0 Å². The van der Waals surface area contributed by atoms with Gasteiger partial charge >= 0.3 is 0 Å². The Kier molecular flexibility index (Phi) is 6.77. The van der Waals surface area contributed by atoms with Gasteiger partial charge in [-0.05, 0) is 19.5 Å². The lowest BCUT2D eigenvalue weighted by atomic mass is 10.2. The second-order valence-electron chi connectivity index (χ2n) is 3.99. The van der Waals surface area contributed by atoms with Crippen LogP contribution in [0.1, 0.15) is 40.5 Å². The smallest absolute Gasteiger partial charge is 0.0280 e. The van der Waals surface area contributed by atoms with E-state index in [4.69, 9.17) is 0 Å². The lowest BCUT2D eigenvalue weighted by Gasteiger charge is -2.24. The first kappa shape index (κ1) is 12.2. The summed E-state index contributed by atoms with van der Waals surface area (Å²) >= 11 is 0. The van der Waals surface area contributed by atoms with Crippen LogP contribution in [0.3, 0.4) is 0 Å². The highest BCUT2D eigenvalue weighted by Crippen LogP contribution is 2.21. The highest BCUT2D eigenvalue weighted by molar-refractivity contribution is 6.39. The summed E-state index contributed by atoms with van der Waals surface area (Å²) in [4.78, 5) is 0. The third-order valence-electron chi connectivity index (χ3n) is 3.09. The van der Waals surface area contributed by atoms with Crippen molar-refractivity contribution in [3.63, 3.8) is 0 Å². The molecule has 0 aromatic rings. The Morgan fingerprint density at radius 2 is 1.75 bits per heavy atom. The maximum absolute atomic E-state index is 3.38. The Morgan fingerprint density at radius 3 is 2.08 bits per heavy atom. The maximum Gasteiger partial charge on any atom is 0.0280 e. The van der Waals surface area contributed by atoms with Crippen molar-refractivity contribution in [1.29, 1.82) is 0 Å². The minimum Gasteiger partial charge on any atom is -0.317 e. The van der Waals surface area contributed by atoms with Crippen LogP contribution in [-0.2, 0) is 0 Å². The summed E-state index contributed by atoms with van der Waals surface area (Å²) in [6.45, 7) is 9.38. The van der Waals surface area contributed by atoms with Crippen LogP contribution in [0.15, 0.2) is 0 Å². The molecule has 0 heterocycles. The van der Waals surface area contributed by atoms with Crippen LogP contribution in [0.25, 0.3) is 0 Å². The third-order valence-corrected chi connectivity index (χ3v) is 6.36. The molecule has 0 aliphatic heterocycles. The monoisotopic (exact) mass is 187 g/mol. The molecule has 0 radical (unpaired) electrons. The van der Waals surface area contributed by atoms with Crippen molar-refractivity contribution in [1.82, 2.24) is 5.32 Å². The summed E-state index contributed by atoms with van der Waals surface area (Å²) in [5.74, 6) is 0. The summed E-state index contributed by atoms with van der Waals surface area (Å²) in [6.07, 6.45) is 2.73. The van der Waals surface area contributed by atoms with Gasteiger partial charge in [0.05, 0.1) is 0 Å². The highest BCUT2D eigenvalue weighted by atomic mass is 28.2. The molecule has 1 N–H and O–H groups in total. The van der Waals surface area contributed by atoms with Crippen LogP contribution >= 0.6 is 0 Å². The van der Waals surface area contributed by atoms with Crippen LogP contribution in [0, 0.1) is 0 Å². The van der Waals surface area contributed by atoms with E-state index in [1.54, 1.807) is 0 Å². The van der Waals surface area contributed by atoms with Crippen LogP contribution in [-0.4, -0.2) is 22.6 Å². The molecule has 3 atom stereocenters. The molecular weight excluding hydrogens is 162 g/mol. The SMILES string of the molecule is CCC(C)[SiH2]C(CC)C(C)NC. The van der Waals surface area contributed by atoms with Gasteiger partial charge in [0.2, 0.25) is 0 Å². The molecule has 0 fully saturated rings. The van der Waals surface area contributed by atoms with E-state index in [-0.39, 0.29) is 9.52 Å². The quantitative estimate of drug-likeness (QED) is 0.629. The average Bonchev–Trinajstić information content (AvgIpc) is 2.12. The van der Waals surface area contributed by atoms with Gasteiger partial charge in [-0.1, -0.05) is 39.2 Å². The Hall–Kier alpha value is 0.177. The van der Waals surface area contributed by atoms with Gasteiger partial charge in [-0.3, -0.25) is 0 Å². The molecule has 0 amide bonds. The van der Waals surface area contributed by atoms with Gasteiger partial charge in [-0.25, -0.2) is 0 Å². The maximum atomic E-state index is 3.38. The van der Waals surface area contributed by atoms with Crippen molar-refractivity contribution < 1.29 is 0 Å². The van der Waals surface area contributed by atoms with Crippen molar-refractivity contribution in [2.75, 3.05) is 7.05 Å². The van der Waals surface area contributed by atoms with Crippen molar-refractivity contribution in [3.8, 4) is 0 Å². The normalized spacial score (nSPS) is 19.8. The second-order valence-corrected chi connectivity index (χ2v) is 6.91. The van der Waals surface area contributed by atoms with Gasteiger partial charge in [0.25, 0.3) is 0 Å². The van der Waals surface area contributed by atoms with Gasteiger partial charge in [-0.2, -0.15) is 0 Å². The zero-order valence-corrected chi connectivity index (χ0v) is 10.8. The predicted octanol–water partition coefficient (Wildman–Crippen LogP) is 2.18. The minimum atomic E-state index is 0.129. The molecule has 0 rings (SSSR count). The molecule has 0 aromatic heterocycles. The Labute approximate surface area is 80.1 Å². The number of rotatable bonds is 6. The molecule has 0 aromatic carbocycles. The van der Waals surface area contributed by atoms with E-state index in [1.807, 2.05) is 0 Å². The molecule has 0 bridgehead atoms. The van der Waals surface area contributed by atoms with Crippen LogP contribution in [0.4, 0.5) is 0 Å². The predicted molar refractivity (Wildman–Crippen MR) is 60.8 cm³/mol. The van der Waals surface area contributed by atoms with Crippen LogP contribution in [0.5, 0.6) is 0 Å². The Balaban J connectivity index is 3.81. The zero-order valence-electron chi connectivity index (χ0n) is 9.35. The van der Waals surface area contributed by atoms with E-state index in [9.17, 15) is 0 Å². The first-order valence-electron chi connectivity index (χ1n) is 5.32. The largest absolute Gasteiger partial charge is 0.317 e. The minimum absolute atomic E-state index is 0.129. The number of hydrogen-bond acceptors (Lipinski definition) is 1. The number of nitrogens with one attached hydrogen (secondary N) is 1. The van der Waals surface area contributed by atoms with Gasteiger partial charge < -0.3 is 5.32 Å². The fraction of sp³-hybridized carbons (Fsp3) is 1.00. The summed E-state index contributed by atoms with van der Waals surface area (Å²) in [5.41, 5.74) is 2.01. The molecule has 0 saturated heterocycles. The molecule has 74 valence electrons. The molecule has 0 aliphatic carbocycles. The molecular formula is C10H25NSi. The van der Waals surface area contributed by atoms with E-state index >= 15 is 0 Å².